The van der Waals surface area contributed by atoms with Gasteiger partial charge in [-0.15, -0.1) is 0 Å². The molecular formula is C10H16N4O3. The number of ether oxygens (including phenoxy) is 1. The molecule has 1 amide bonds. The number of nitrogens with one attached hydrogen (secondary N) is 2. The number of nitrogens with two attached hydrogens (primary N) is 1. The molecule has 0 saturated heterocycles. The largest absolute Gasteiger partial charge is 0.380 e. The Bertz CT molecular complexity index is 384. The normalized spacial score (nSPS) is 10.2. The first-order valence-electron chi connectivity index (χ1n) is 5.36. The van der Waals surface area contributed by atoms with Crippen LogP contribution in [0.3, 0.4) is 0 Å². The van der Waals surface area contributed by atoms with E-state index in [1.54, 1.807) is 0 Å². The highest BCUT2D eigenvalue weighted by molar-refractivity contribution is 5.91. The van der Waals surface area contributed by atoms with E-state index < -0.39 is 0 Å². The minimum Gasteiger partial charge on any atom is -0.380 e. The van der Waals surface area contributed by atoms with E-state index in [2.05, 4.69) is 15.5 Å². The van der Waals surface area contributed by atoms with Crippen molar-refractivity contribution in [2.24, 2.45) is 5.73 Å². The van der Waals surface area contributed by atoms with Crippen molar-refractivity contribution >= 4 is 5.91 Å². The van der Waals surface area contributed by atoms with Crippen molar-refractivity contribution in [2.45, 2.75) is 6.42 Å². The maximum atomic E-state index is 11.5. The van der Waals surface area contributed by atoms with Gasteiger partial charge in [0.2, 0.25) is 0 Å². The molecule has 0 unspecified atom stereocenters. The highest BCUT2D eigenvalue weighted by atomic mass is 16.5. The summed E-state index contributed by atoms with van der Waals surface area (Å²) in [4.78, 5) is 22.2. The van der Waals surface area contributed by atoms with Gasteiger partial charge in [-0.05, 0) is 12.5 Å². The van der Waals surface area contributed by atoms with Crippen LogP contribution in [0.5, 0.6) is 0 Å². The summed E-state index contributed by atoms with van der Waals surface area (Å²) in [6, 6.07) is 2.63. The summed E-state index contributed by atoms with van der Waals surface area (Å²) in [5.41, 5.74) is 5.10. The van der Waals surface area contributed by atoms with Crippen LogP contribution in [-0.2, 0) is 4.74 Å². The van der Waals surface area contributed by atoms with E-state index in [1.165, 1.54) is 12.1 Å². The summed E-state index contributed by atoms with van der Waals surface area (Å²) in [5, 5.41) is 8.46. The summed E-state index contributed by atoms with van der Waals surface area (Å²) in [6.45, 7) is 2.06. The van der Waals surface area contributed by atoms with E-state index in [9.17, 15) is 9.59 Å². The summed E-state index contributed by atoms with van der Waals surface area (Å²) in [7, 11) is 0. The van der Waals surface area contributed by atoms with Crippen molar-refractivity contribution in [3.8, 4) is 0 Å². The molecule has 94 valence electrons. The Morgan fingerprint density at radius 1 is 1.47 bits per heavy atom. The number of hydrogen-bond donors (Lipinski definition) is 3. The Morgan fingerprint density at radius 2 is 2.29 bits per heavy atom. The topological polar surface area (TPSA) is 110 Å². The SMILES string of the molecule is NCCOCCCNC(=O)c1ccc(=O)[nH]n1. The van der Waals surface area contributed by atoms with E-state index in [0.717, 1.165) is 0 Å². The maximum Gasteiger partial charge on any atom is 0.271 e. The van der Waals surface area contributed by atoms with Crippen molar-refractivity contribution in [2.75, 3.05) is 26.3 Å². The molecule has 0 bridgehead atoms. The van der Waals surface area contributed by atoms with Gasteiger partial charge in [-0.3, -0.25) is 9.59 Å². The molecule has 0 aliphatic rings. The highest BCUT2D eigenvalue weighted by Crippen LogP contribution is 1.88. The van der Waals surface area contributed by atoms with Crippen molar-refractivity contribution in [1.82, 2.24) is 15.5 Å². The summed E-state index contributed by atoms with van der Waals surface area (Å²) in [6.07, 6.45) is 0.703. The molecule has 0 atom stereocenters. The first kappa shape index (κ1) is 13.3. The number of carbonyl (C=O) groups excluding carboxylic acids is 1. The first-order valence-corrected chi connectivity index (χ1v) is 5.36. The van der Waals surface area contributed by atoms with Gasteiger partial charge in [0.15, 0.2) is 0 Å². The lowest BCUT2D eigenvalue weighted by molar-refractivity contribution is 0.0937. The molecule has 0 saturated carbocycles. The Kier molecular flexibility index (Phi) is 5.91. The zero-order chi connectivity index (χ0) is 12.5. The second-order valence-corrected chi connectivity index (χ2v) is 3.32. The first-order chi connectivity index (χ1) is 8.24. The minimum atomic E-state index is -0.336. The van der Waals surface area contributed by atoms with Gasteiger partial charge >= 0.3 is 0 Å². The Hall–Kier alpha value is -1.73. The van der Waals surface area contributed by atoms with Crippen LogP contribution in [0.1, 0.15) is 16.9 Å². The Labute approximate surface area is 98.4 Å². The predicted octanol–water partition coefficient (Wildman–Crippen LogP) is -1.13. The van der Waals surface area contributed by atoms with Gasteiger partial charge in [-0.25, -0.2) is 5.10 Å². The van der Waals surface area contributed by atoms with Gasteiger partial charge in [0.1, 0.15) is 5.69 Å². The van der Waals surface area contributed by atoms with E-state index in [1.807, 2.05) is 0 Å². The van der Waals surface area contributed by atoms with Crippen molar-refractivity contribution in [3.63, 3.8) is 0 Å². The van der Waals surface area contributed by atoms with Gasteiger partial charge in [0, 0.05) is 25.8 Å². The molecule has 7 nitrogen and oxygen atoms in total. The Morgan fingerprint density at radius 3 is 2.94 bits per heavy atom. The lowest BCUT2D eigenvalue weighted by Crippen LogP contribution is -2.27. The lowest BCUT2D eigenvalue weighted by Gasteiger charge is -2.04. The van der Waals surface area contributed by atoms with Crippen LogP contribution in [-0.4, -0.2) is 42.4 Å². The van der Waals surface area contributed by atoms with Gasteiger partial charge < -0.3 is 15.8 Å². The molecule has 1 aromatic rings. The Balaban J connectivity index is 2.21. The van der Waals surface area contributed by atoms with Crippen LogP contribution >= 0.6 is 0 Å². The molecule has 1 aromatic heterocycles. The second-order valence-electron chi connectivity index (χ2n) is 3.32. The van der Waals surface area contributed by atoms with Crippen molar-refractivity contribution in [1.29, 1.82) is 0 Å². The van der Waals surface area contributed by atoms with Crippen LogP contribution in [0, 0.1) is 0 Å². The second kappa shape index (κ2) is 7.53. The van der Waals surface area contributed by atoms with E-state index in [4.69, 9.17) is 10.5 Å². The van der Waals surface area contributed by atoms with Crippen molar-refractivity contribution in [3.05, 3.63) is 28.2 Å². The molecule has 17 heavy (non-hydrogen) atoms. The predicted molar refractivity (Wildman–Crippen MR) is 61.7 cm³/mol. The number of nitrogens with zero attached hydrogens (tertiary/aromatic N) is 1. The van der Waals surface area contributed by atoms with E-state index in [0.29, 0.717) is 32.7 Å². The van der Waals surface area contributed by atoms with Crippen molar-refractivity contribution < 1.29 is 9.53 Å². The van der Waals surface area contributed by atoms with Gasteiger partial charge in [-0.2, -0.15) is 5.10 Å². The molecule has 0 aliphatic heterocycles. The molecule has 0 aromatic carbocycles. The van der Waals surface area contributed by atoms with Gasteiger partial charge in [0.25, 0.3) is 11.5 Å². The van der Waals surface area contributed by atoms with Gasteiger partial charge in [-0.1, -0.05) is 0 Å². The van der Waals surface area contributed by atoms with E-state index >= 15 is 0 Å². The number of rotatable bonds is 7. The average Bonchev–Trinajstić information content (AvgIpc) is 2.34. The number of aromatic amines is 1. The monoisotopic (exact) mass is 240 g/mol. The fourth-order valence-electron chi connectivity index (χ4n) is 1.12. The third-order valence-corrected chi connectivity index (χ3v) is 1.92. The quantitative estimate of drug-likeness (QED) is 0.522. The van der Waals surface area contributed by atoms with Crippen LogP contribution in [0.15, 0.2) is 16.9 Å². The molecule has 1 rings (SSSR count). The van der Waals surface area contributed by atoms with Crippen LogP contribution in [0.4, 0.5) is 0 Å². The van der Waals surface area contributed by atoms with E-state index in [-0.39, 0.29) is 17.2 Å². The molecule has 0 radical (unpaired) electrons. The third-order valence-electron chi connectivity index (χ3n) is 1.92. The molecule has 4 N–H and O–H groups in total. The molecule has 0 fully saturated rings. The van der Waals surface area contributed by atoms with Crippen LogP contribution < -0.4 is 16.6 Å². The summed E-state index contributed by atoms with van der Waals surface area (Å²) < 4.78 is 5.15. The molecule has 0 spiro atoms. The molecule has 1 heterocycles. The summed E-state index contributed by atoms with van der Waals surface area (Å²) >= 11 is 0. The fraction of sp³-hybridized carbons (Fsp3) is 0.500. The molecule has 0 aliphatic carbocycles. The third kappa shape index (κ3) is 5.23. The number of H-pyrrole nitrogens is 1. The lowest BCUT2D eigenvalue weighted by atomic mass is 10.3. The summed E-state index contributed by atoms with van der Waals surface area (Å²) in [5.74, 6) is -0.319. The van der Waals surface area contributed by atoms with Crippen LogP contribution in [0.25, 0.3) is 0 Å². The minimum absolute atomic E-state index is 0.187. The number of carbonyl (C=O) groups is 1. The van der Waals surface area contributed by atoms with Crippen LogP contribution in [0.2, 0.25) is 0 Å². The highest BCUT2D eigenvalue weighted by Gasteiger charge is 2.05. The number of aromatic nitrogens is 2. The zero-order valence-corrected chi connectivity index (χ0v) is 9.44. The molecule has 7 heteroatoms. The van der Waals surface area contributed by atoms with Gasteiger partial charge in [0.05, 0.1) is 6.61 Å². The number of hydrogen-bond acceptors (Lipinski definition) is 5. The average molecular weight is 240 g/mol. The molecular weight excluding hydrogens is 224 g/mol. The smallest absolute Gasteiger partial charge is 0.271 e. The zero-order valence-electron chi connectivity index (χ0n) is 9.44. The fourth-order valence-corrected chi connectivity index (χ4v) is 1.12. The standard InChI is InChI=1S/C10H16N4O3/c11-4-7-17-6-1-5-12-10(16)8-2-3-9(15)14-13-8/h2-3H,1,4-7,11H2,(H,12,16)(H,14,15). The number of amides is 1. The maximum absolute atomic E-state index is 11.5.